The minimum Gasteiger partial charge on any atom is -0.352 e. The molecule has 1 aromatic rings. The molecule has 0 saturated carbocycles. The van der Waals surface area contributed by atoms with Crippen LogP contribution in [-0.2, 0) is 27.5 Å². The summed E-state index contributed by atoms with van der Waals surface area (Å²) in [5.74, 6) is -0.350. The zero-order valence-corrected chi connectivity index (χ0v) is 15.8. The molecule has 3 rings (SSSR count). The van der Waals surface area contributed by atoms with Gasteiger partial charge >= 0.3 is 0 Å². The van der Waals surface area contributed by atoms with E-state index in [0.29, 0.717) is 11.4 Å². The summed E-state index contributed by atoms with van der Waals surface area (Å²) < 4.78 is 24.9. The molecule has 0 atom stereocenters. The van der Waals surface area contributed by atoms with E-state index in [9.17, 15) is 13.2 Å². The van der Waals surface area contributed by atoms with E-state index in [0.717, 1.165) is 44.3 Å². The lowest BCUT2D eigenvalue weighted by Gasteiger charge is -2.14. The minimum atomic E-state index is -3.41. The van der Waals surface area contributed by atoms with Gasteiger partial charge in [-0.25, -0.2) is 8.42 Å². The van der Waals surface area contributed by atoms with E-state index < -0.39 is 9.84 Å². The highest BCUT2D eigenvalue weighted by Gasteiger charge is 2.19. The van der Waals surface area contributed by atoms with Crippen LogP contribution >= 0.6 is 12.4 Å². The number of hydrogen-bond acceptors (Lipinski definition) is 4. The summed E-state index contributed by atoms with van der Waals surface area (Å²) in [5, 5.41) is 6.03. The number of amides is 1. The van der Waals surface area contributed by atoms with E-state index in [2.05, 4.69) is 16.7 Å². The standard InChI is InChI=1S/C18H24N2O3S.ClH/c21-18(20-13-14-6-9-19-10-7-14)8-11-24(22,23)17-5-4-15-2-1-3-16(15)12-17;/h4-6,12,19H,1-3,7-11,13H2,(H,20,21);1H. The smallest absolute Gasteiger partial charge is 0.221 e. The van der Waals surface area contributed by atoms with Crippen molar-refractivity contribution >= 4 is 28.2 Å². The fourth-order valence-corrected chi connectivity index (χ4v) is 4.50. The Hall–Kier alpha value is -1.37. The number of carbonyl (C=O) groups is 1. The number of rotatable bonds is 6. The van der Waals surface area contributed by atoms with Crippen LogP contribution in [-0.4, -0.2) is 39.7 Å². The summed E-state index contributed by atoms with van der Waals surface area (Å²) in [6.07, 6.45) is 6.07. The van der Waals surface area contributed by atoms with E-state index in [1.54, 1.807) is 12.1 Å². The molecule has 0 bridgehead atoms. The number of nitrogens with one attached hydrogen (secondary N) is 2. The number of sulfone groups is 1. The van der Waals surface area contributed by atoms with Gasteiger partial charge in [-0.1, -0.05) is 17.7 Å². The second-order valence-electron chi connectivity index (χ2n) is 6.45. The van der Waals surface area contributed by atoms with Crippen molar-refractivity contribution in [1.82, 2.24) is 10.6 Å². The molecule has 0 spiro atoms. The van der Waals surface area contributed by atoms with Crippen molar-refractivity contribution in [3.05, 3.63) is 41.0 Å². The molecule has 1 aliphatic heterocycles. The number of carbonyl (C=O) groups excluding carboxylic acids is 1. The molecule has 1 aromatic carbocycles. The molecule has 0 aromatic heterocycles. The van der Waals surface area contributed by atoms with Gasteiger partial charge in [0.2, 0.25) is 5.91 Å². The Labute approximate surface area is 155 Å². The molecule has 2 N–H and O–H groups in total. The van der Waals surface area contributed by atoms with Gasteiger partial charge in [-0.05, 0) is 55.5 Å². The van der Waals surface area contributed by atoms with Crippen molar-refractivity contribution in [2.24, 2.45) is 0 Å². The van der Waals surface area contributed by atoms with Crippen LogP contribution in [0.5, 0.6) is 0 Å². The van der Waals surface area contributed by atoms with Crippen LogP contribution in [0, 0.1) is 0 Å². The first kappa shape index (κ1) is 19.9. The Balaban J connectivity index is 0.00000225. The third kappa shape index (κ3) is 5.30. The second kappa shape index (κ2) is 8.83. The highest BCUT2D eigenvalue weighted by molar-refractivity contribution is 7.91. The zero-order chi connectivity index (χ0) is 17.0. The highest BCUT2D eigenvalue weighted by Crippen LogP contribution is 2.25. The van der Waals surface area contributed by atoms with Crippen LogP contribution in [0.3, 0.4) is 0 Å². The van der Waals surface area contributed by atoms with Crippen molar-refractivity contribution < 1.29 is 13.2 Å². The fourth-order valence-electron chi connectivity index (χ4n) is 3.22. The Morgan fingerprint density at radius 3 is 2.72 bits per heavy atom. The number of hydrogen-bond donors (Lipinski definition) is 2. The number of fused-ring (bicyclic) bond motifs is 1. The van der Waals surface area contributed by atoms with Gasteiger partial charge in [0.1, 0.15) is 0 Å². The van der Waals surface area contributed by atoms with E-state index in [4.69, 9.17) is 0 Å². The highest BCUT2D eigenvalue weighted by atomic mass is 35.5. The van der Waals surface area contributed by atoms with Gasteiger partial charge in [-0.15, -0.1) is 12.4 Å². The molecule has 0 unspecified atom stereocenters. The normalized spacial score (nSPS) is 16.6. The van der Waals surface area contributed by atoms with Crippen LogP contribution in [0.4, 0.5) is 0 Å². The predicted molar refractivity (Wildman–Crippen MR) is 101 cm³/mol. The zero-order valence-electron chi connectivity index (χ0n) is 14.2. The maximum atomic E-state index is 12.4. The fraction of sp³-hybridized carbons (Fsp3) is 0.500. The summed E-state index contributed by atoms with van der Waals surface area (Å²) >= 11 is 0. The van der Waals surface area contributed by atoms with Crippen molar-refractivity contribution in [2.45, 2.75) is 37.0 Å². The summed E-state index contributed by atoms with van der Waals surface area (Å²) in [6, 6.07) is 5.38. The van der Waals surface area contributed by atoms with E-state index >= 15 is 0 Å². The van der Waals surface area contributed by atoms with Crippen LogP contribution < -0.4 is 10.6 Å². The maximum Gasteiger partial charge on any atom is 0.221 e. The van der Waals surface area contributed by atoms with Crippen molar-refractivity contribution in [2.75, 3.05) is 25.4 Å². The number of benzene rings is 1. The molecular formula is C18H25ClN2O3S. The van der Waals surface area contributed by atoms with Gasteiger partial charge in [0.05, 0.1) is 10.6 Å². The molecule has 2 aliphatic rings. The summed E-state index contributed by atoms with van der Waals surface area (Å²) in [7, 11) is -3.41. The largest absolute Gasteiger partial charge is 0.352 e. The first-order valence-corrected chi connectivity index (χ1v) is 10.2. The van der Waals surface area contributed by atoms with Gasteiger partial charge in [-0.3, -0.25) is 4.79 Å². The average Bonchev–Trinajstić information content (AvgIpc) is 3.07. The molecular weight excluding hydrogens is 360 g/mol. The van der Waals surface area contributed by atoms with Crippen molar-refractivity contribution in [3.8, 4) is 0 Å². The van der Waals surface area contributed by atoms with Gasteiger partial charge in [0.25, 0.3) is 0 Å². The van der Waals surface area contributed by atoms with Gasteiger partial charge in [-0.2, -0.15) is 0 Å². The average molecular weight is 385 g/mol. The van der Waals surface area contributed by atoms with Crippen molar-refractivity contribution in [1.29, 1.82) is 0 Å². The van der Waals surface area contributed by atoms with Crippen LogP contribution in [0.2, 0.25) is 0 Å². The molecule has 0 saturated heterocycles. The summed E-state index contributed by atoms with van der Waals surface area (Å²) in [4.78, 5) is 12.3. The van der Waals surface area contributed by atoms with E-state index in [-0.39, 0.29) is 30.5 Å². The number of aryl methyl sites for hydroxylation is 2. The Bertz CT molecular complexity index is 760. The Morgan fingerprint density at radius 1 is 1.16 bits per heavy atom. The Morgan fingerprint density at radius 2 is 1.96 bits per heavy atom. The third-order valence-electron chi connectivity index (χ3n) is 4.70. The molecule has 1 heterocycles. The lowest BCUT2D eigenvalue weighted by atomic mass is 10.1. The SMILES string of the molecule is Cl.O=C(CCS(=O)(=O)c1ccc2c(c1)CCC2)NCC1=CCNCC1. The van der Waals surface area contributed by atoms with Crippen molar-refractivity contribution in [3.63, 3.8) is 0 Å². The first-order valence-electron chi connectivity index (χ1n) is 8.54. The van der Waals surface area contributed by atoms with Crippen LogP contribution in [0.1, 0.15) is 30.4 Å². The van der Waals surface area contributed by atoms with Crippen LogP contribution in [0.25, 0.3) is 0 Å². The van der Waals surface area contributed by atoms with E-state index in [1.807, 2.05) is 6.07 Å². The Kier molecular flexibility index (Phi) is 7.04. The molecule has 0 fully saturated rings. The lowest BCUT2D eigenvalue weighted by Crippen LogP contribution is -2.30. The molecule has 7 heteroatoms. The van der Waals surface area contributed by atoms with Crippen LogP contribution in [0.15, 0.2) is 34.7 Å². The topological polar surface area (TPSA) is 75.3 Å². The van der Waals surface area contributed by atoms with Gasteiger partial charge in [0.15, 0.2) is 9.84 Å². The molecule has 0 radical (unpaired) electrons. The summed E-state index contributed by atoms with van der Waals surface area (Å²) in [5.41, 5.74) is 3.59. The van der Waals surface area contributed by atoms with Gasteiger partial charge < -0.3 is 10.6 Å². The third-order valence-corrected chi connectivity index (χ3v) is 6.41. The molecule has 138 valence electrons. The summed E-state index contributed by atoms with van der Waals surface area (Å²) in [6.45, 7) is 2.27. The lowest BCUT2D eigenvalue weighted by molar-refractivity contribution is -0.120. The molecule has 5 nitrogen and oxygen atoms in total. The molecule has 1 aliphatic carbocycles. The number of halogens is 1. The predicted octanol–water partition coefficient (Wildman–Crippen LogP) is 1.80. The second-order valence-corrected chi connectivity index (χ2v) is 8.56. The van der Waals surface area contributed by atoms with E-state index in [1.165, 1.54) is 11.1 Å². The van der Waals surface area contributed by atoms with Gasteiger partial charge in [0, 0.05) is 19.5 Å². The minimum absolute atomic E-state index is 0. The first-order chi connectivity index (χ1) is 11.5. The monoisotopic (exact) mass is 384 g/mol. The molecule has 1 amide bonds. The maximum absolute atomic E-state index is 12.4. The molecule has 25 heavy (non-hydrogen) atoms. The quantitative estimate of drug-likeness (QED) is 0.733.